The van der Waals surface area contributed by atoms with E-state index in [0.717, 1.165) is 0 Å². The van der Waals surface area contributed by atoms with E-state index in [1.54, 1.807) is 0 Å². The SMILES string of the molecule is CN(CCSC(F)(F)F)C(C)(C)C(=O)O. The predicted molar refractivity (Wildman–Crippen MR) is 52.9 cm³/mol. The second-order valence-corrected chi connectivity index (χ2v) is 4.74. The second kappa shape index (κ2) is 5.07. The van der Waals surface area contributed by atoms with Crippen molar-refractivity contribution in [3.63, 3.8) is 0 Å². The summed E-state index contributed by atoms with van der Waals surface area (Å²) < 4.78 is 35.4. The minimum Gasteiger partial charge on any atom is -0.480 e. The number of carbonyl (C=O) groups is 1. The first-order valence-corrected chi connectivity index (χ1v) is 5.21. The van der Waals surface area contributed by atoms with E-state index in [2.05, 4.69) is 0 Å². The lowest BCUT2D eigenvalue weighted by Crippen LogP contribution is -2.48. The van der Waals surface area contributed by atoms with Crippen molar-refractivity contribution in [2.75, 3.05) is 19.3 Å². The molecule has 0 unspecified atom stereocenters. The first kappa shape index (κ1) is 14.6. The zero-order chi connectivity index (χ0) is 12.3. The van der Waals surface area contributed by atoms with Crippen molar-refractivity contribution in [2.45, 2.75) is 24.9 Å². The number of aliphatic carboxylic acids is 1. The summed E-state index contributed by atoms with van der Waals surface area (Å²) in [4.78, 5) is 12.1. The van der Waals surface area contributed by atoms with E-state index in [1.807, 2.05) is 0 Å². The van der Waals surface area contributed by atoms with Gasteiger partial charge in [-0.2, -0.15) is 13.2 Å². The van der Waals surface area contributed by atoms with E-state index in [1.165, 1.54) is 25.8 Å². The monoisotopic (exact) mass is 245 g/mol. The first-order valence-electron chi connectivity index (χ1n) is 4.22. The summed E-state index contributed by atoms with van der Waals surface area (Å²) in [5, 5.41) is 8.80. The van der Waals surface area contributed by atoms with Crippen LogP contribution in [0.25, 0.3) is 0 Å². The molecule has 0 saturated heterocycles. The van der Waals surface area contributed by atoms with Crippen LogP contribution in [0.15, 0.2) is 0 Å². The van der Waals surface area contributed by atoms with Gasteiger partial charge >= 0.3 is 11.5 Å². The molecule has 0 aromatic carbocycles. The number of likely N-dealkylation sites (N-methyl/N-ethyl adjacent to an activating group) is 1. The van der Waals surface area contributed by atoms with Crippen LogP contribution in [-0.2, 0) is 4.79 Å². The van der Waals surface area contributed by atoms with Crippen LogP contribution in [0, 0.1) is 0 Å². The van der Waals surface area contributed by atoms with Crippen molar-refractivity contribution in [3.8, 4) is 0 Å². The number of alkyl halides is 3. The van der Waals surface area contributed by atoms with Crippen molar-refractivity contribution in [1.29, 1.82) is 0 Å². The summed E-state index contributed by atoms with van der Waals surface area (Å²) in [6.07, 6.45) is 0. The van der Waals surface area contributed by atoms with Gasteiger partial charge in [-0.3, -0.25) is 9.69 Å². The van der Waals surface area contributed by atoms with E-state index in [4.69, 9.17) is 5.11 Å². The van der Waals surface area contributed by atoms with Gasteiger partial charge in [-0.05, 0) is 32.7 Å². The fraction of sp³-hybridized carbons (Fsp3) is 0.875. The van der Waals surface area contributed by atoms with Crippen molar-refractivity contribution in [3.05, 3.63) is 0 Å². The van der Waals surface area contributed by atoms with Crippen LogP contribution in [0.3, 0.4) is 0 Å². The highest BCUT2D eigenvalue weighted by Gasteiger charge is 2.33. The largest absolute Gasteiger partial charge is 0.480 e. The molecule has 0 saturated carbocycles. The Balaban J connectivity index is 4.05. The molecule has 0 radical (unpaired) electrons. The van der Waals surface area contributed by atoms with E-state index >= 15 is 0 Å². The van der Waals surface area contributed by atoms with Crippen LogP contribution in [-0.4, -0.2) is 46.4 Å². The molecule has 90 valence electrons. The van der Waals surface area contributed by atoms with Gasteiger partial charge in [0, 0.05) is 12.3 Å². The van der Waals surface area contributed by atoms with Gasteiger partial charge in [0.2, 0.25) is 0 Å². The third-order valence-corrected chi connectivity index (χ3v) is 2.88. The van der Waals surface area contributed by atoms with Crippen LogP contribution in [0.2, 0.25) is 0 Å². The summed E-state index contributed by atoms with van der Waals surface area (Å²) in [6, 6.07) is 0. The smallest absolute Gasteiger partial charge is 0.441 e. The van der Waals surface area contributed by atoms with E-state index in [-0.39, 0.29) is 24.1 Å². The minimum absolute atomic E-state index is 0.0729. The Morgan fingerprint density at radius 3 is 2.20 bits per heavy atom. The Kier molecular flexibility index (Phi) is 4.92. The van der Waals surface area contributed by atoms with Gasteiger partial charge < -0.3 is 5.11 Å². The van der Waals surface area contributed by atoms with Gasteiger partial charge in [-0.15, -0.1) is 0 Å². The van der Waals surface area contributed by atoms with Crippen LogP contribution in [0.1, 0.15) is 13.8 Å². The predicted octanol–water partition coefficient (Wildman–Crippen LogP) is 2.03. The molecular formula is C8H14F3NO2S. The first-order chi connectivity index (χ1) is 6.57. The molecule has 0 aliphatic heterocycles. The molecule has 0 rings (SSSR count). The second-order valence-electron chi connectivity index (χ2n) is 3.58. The van der Waals surface area contributed by atoms with Crippen molar-refractivity contribution in [1.82, 2.24) is 4.90 Å². The molecular weight excluding hydrogens is 231 g/mol. The number of thioether (sulfide) groups is 1. The van der Waals surface area contributed by atoms with Crippen molar-refractivity contribution < 1.29 is 23.1 Å². The van der Waals surface area contributed by atoms with E-state index in [9.17, 15) is 18.0 Å². The molecule has 3 nitrogen and oxygen atoms in total. The average Bonchev–Trinajstić information content (AvgIpc) is 2.01. The quantitative estimate of drug-likeness (QED) is 0.804. The Morgan fingerprint density at radius 1 is 1.40 bits per heavy atom. The molecule has 7 heteroatoms. The summed E-state index contributed by atoms with van der Waals surface area (Å²) in [7, 11) is 1.49. The minimum atomic E-state index is -4.26. The Hall–Kier alpha value is -0.430. The molecule has 0 amide bonds. The molecule has 0 bridgehead atoms. The highest BCUT2D eigenvalue weighted by molar-refractivity contribution is 8.00. The summed E-state index contributed by atoms with van der Waals surface area (Å²) in [6.45, 7) is 2.98. The zero-order valence-corrected chi connectivity index (χ0v) is 9.58. The maximum atomic E-state index is 11.8. The standard InChI is InChI=1S/C8H14F3NO2S/c1-7(2,6(13)14)12(3)4-5-15-8(9,10)11/h4-5H2,1-3H3,(H,13,14). The zero-order valence-electron chi connectivity index (χ0n) is 8.76. The summed E-state index contributed by atoms with van der Waals surface area (Å²) in [5.74, 6) is -1.22. The number of carboxylic acids is 1. The van der Waals surface area contributed by atoms with Crippen molar-refractivity contribution >= 4 is 17.7 Å². The molecule has 0 atom stereocenters. The highest BCUT2D eigenvalue weighted by Crippen LogP contribution is 2.30. The number of carboxylic acid groups (broad SMARTS) is 1. The Labute approximate surface area is 90.6 Å². The van der Waals surface area contributed by atoms with Gasteiger partial charge in [0.25, 0.3) is 0 Å². The molecule has 15 heavy (non-hydrogen) atoms. The van der Waals surface area contributed by atoms with Gasteiger partial charge in [0.05, 0.1) is 0 Å². The third-order valence-electron chi connectivity index (χ3n) is 2.17. The average molecular weight is 245 g/mol. The van der Waals surface area contributed by atoms with Crippen LogP contribution in [0.4, 0.5) is 13.2 Å². The molecule has 0 spiro atoms. The lowest BCUT2D eigenvalue weighted by Gasteiger charge is -2.31. The molecule has 0 aliphatic carbocycles. The summed E-state index contributed by atoms with van der Waals surface area (Å²) in [5.41, 5.74) is -5.40. The van der Waals surface area contributed by atoms with E-state index < -0.39 is 17.0 Å². The van der Waals surface area contributed by atoms with E-state index in [0.29, 0.717) is 0 Å². The molecule has 0 aromatic heterocycles. The van der Waals surface area contributed by atoms with Gasteiger partial charge in [0.1, 0.15) is 5.54 Å². The lowest BCUT2D eigenvalue weighted by molar-refractivity contribution is -0.148. The Bertz CT molecular complexity index is 230. The fourth-order valence-corrected chi connectivity index (χ4v) is 1.34. The van der Waals surface area contributed by atoms with Crippen LogP contribution < -0.4 is 0 Å². The molecule has 0 aromatic rings. The topological polar surface area (TPSA) is 40.5 Å². The van der Waals surface area contributed by atoms with Crippen LogP contribution in [0.5, 0.6) is 0 Å². The number of halogens is 3. The number of rotatable bonds is 5. The van der Waals surface area contributed by atoms with Crippen molar-refractivity contribution in [2.24, 2.45) is 0 Å². The molecule has 1 N–H and O–H groups in total. The number of hydrogen-bond acceptors (Lipinski definition) is 3. The lowest BCUT2D eigenvalue weighted by atomic mass is 10.0. The third kappa shape index (κ3) is 5.27. The molecule has 0 aliphatic rings. The van der Waals surface area contributed by atoms with Gasteiger partial charge in [-0.1, -0.05) is 0 Å². The number of hydrogen-bond donors (Lipinski definition) is 1. The fourth-order valence-electron chi connectivity index (χ4n) is 0.741. The molecule has 0 heterocycles. The maximum absolute atomic E-state index is 11.8. The van der Waals surface area contributed by atoms with Gasteiger partial charge in [0.15, 0.2) is 0 Å². The summed E-state index contributed by atoms with van der Waals surface area (Å²) >= 11 is -0.145. The highest BCUT2D eigenvalue weighted by atomic mass is 32.2. The maximum Gasteiger partial charge on any atom is 0.441 e. The van der Waals surface area contributed by atoms with Crippen LogP contribution >= 0.6 is 11.8 Å². The molecule has 0 fully saturated rings. The normalized spacial score (nSPS) is 13.3. The Morgan fingerprint density at radius 2 is 1.87 bits per heavy atom. The number of nitrogens with zero attached hydrogens (tertiary/aromatic N) is 1. The van der Waals surface area contributed by atoms with Gasteiger partial charge in [-0.25, -0.2) is 0 Å².